The third kappa shape index (κ3) is 4.28. The first-order chi connectivity index (χ1) is 14.5. The summed E-state index contributed by atoms with van der Waals surface area (Å²) in [5.74, 6) is -0.901. The van der Waals surface area contributed by atoms with Crippen LogP contribution in [0.4, 0.5) is 5.69 Å². The lowest BCUT2D eigenvalue weighted by Gasteiger charge is -2.38. The molecular formula is C21H23ClN4O4. The lowest BCUT2D eigenvalue weighted by molar-refractivity contribution is -0.152. The lowest BCUT2D eigenvalue weighted by Crippen LogP contribution is -2.57. The minimum atomic E-state index is -0.503. The molecule has 2 aliphatic rings. The van der Waals surface area contributed by atoms with Crippen LogP contribution >= 0.6 is 11.6 Å². The molecule has 2 aromatic rings. The minimum Gasteiger partial charge on any atom is -0.459 e. The number of nitrogens with zero attached hydrogens (tertiary/aromatic N) is 4. The fourth-order valence-electron chi connectivity index (χ4n) is 3.78. The SMILES string of the molecule is O=C(C(=O)N1CCN(c2cccc(Cl)c2)CC1)N1CCN(C(=O)c2ccco2)CC1. The molecule has 0 bridgehead atoms. The van der Waals surface area contributed by atoms with Crippen molar-refractivity contribution in [2.24, 2.45) is 0 Å². The van der Waals surface area contributed by atoms with Crippen molar-refractivity contribution in [2.75, 3.05) is 57.3 Å². The van der Waals surface area contributed by atoms with Gasteiger partial charge in [-0.05, 0) is 30.3 Å². The van der Waals surface area contributed by atoms with E-state index in [-0.39, 0.29) is 11.7 Å². The van der Waals surface area contributed by atoms with Gasteiger partial charge in [-0.1, -0.05) is 17.7 Å². The van der Waals surface area contributed by atoms with E-state index in [1.807, 2.05) is 24.3 Å². The van der Waals surface area contributed by atoms with E-state index in [9.17, 15) is 14.4 Å². The molecule has 1 aromatic heterocycles. The van der Waals surface area contributed by atoms with Crippen LogP contribution in [-0.4, -0.2) is 84.8 Å². The molecule has 0 saturated carbocycles. The number of carbonyl (C=O) groups excluding carboxylic acids is 3. The van der Waals surface area contributed by atoms with Gasteiger partial charge in [0.2, 0.25) is 0 Å². The third-order valence-corrected chi connectivity index (χ3v) is 5.74. The van der Waals surface area contributed by atoms with Crippen molar-refractivity contribution in [3.05, 3.63) is 53.4 Å². The van der Waals surface area contributed by atoms with E-state index in [4.69, 9.17) is 16.0 Å². The molecule has 158 valence electrons. The number of furan rings is 1. The number of hydrogen-bond donors (Lipinski definition) is 0. The molecule has 0 N–H and O–H groups in total. The number of hydrogen-bond acceptors (Lipinski definition) is 5. The Kier molecular flexibility index (Phi) is 5.94. The lowest BCUT2D eigenvalue weighted by atomic mass is 10.2. The molecule has 30 heavy (non-hydrogen) atoms. The van der Waals surface area contributed by atoms with Gasteiger partial charge in [-0.15, -0.1) is 0 Å². The molecule has 0 unspecified atom stereocenters. The summed E-state index contributed by atoms with van der Waals surface area (Å²) in [7, 11) is 0. The van der Waals surface area contributed by atoms with Gasteiger partial charge in [0.05, 0.1) is 6.26 Å². The highest BCUT2D eigenvalue weighted by atomic mass is 35.5. The molecule has 0 spiro atoms. The van der Waals surface area contributed by atoms with Crippen molar-refractivity contribution in [2.45, 2.75) is 0 Å². The van der Waals surface area contributed by atoms with E-state index in [0.717, 1.165) is 5.69 Å². The van der Waals surface area contributed by atoms with Gasteiger partial charge in [-0.2, -0.15) is 0 Å². The maximum atomic E-state index is 12.7. The first-order valence-corrected chi connectivity index (χ1v) is 10.3. The maximum Gasteiger partial charge on any atom is 0.312 e. The highest BCUT2D eigenvalue weighted by Gasteiger charge is 2.32. The van der Waals surface area contributed by atoms with Crippen LogP contribution < -0.4 is 4.90 Å². The molecule has 9 heteroatoms. The van der Waals surface area contributed by atoms with Crippen LogP contribution in [0.5, 0.6) is 0 Å². The number of benzene rings is 1. The van der Waals surface area contributed by atoms with E-state index >= 15 is 0 Å². The Hall–Kier alpha value is -3.00. The van der Waals surface area contributed by atoms with Crippen molar-refractivity contribution in [1.29, 1.82) is 0 Å². The normalized spacial score (nSPS) is 17.2. The number of halogens is 1. The largest absolute Gasteiger partial charge is 0.459 e. The van der Waals surface area contributed by atoms with E-state index in [1.165, 1.54) is 11.2 Å². The average molecular weight is 431 g/mol. The Bertz CT molecular complexity index is 917. The fourth-order valence-corrected chi connectivity index (χ4v) is 3.96. The molecule has 2 saturated heterocycles. The summed E-state index contributed by atoms with van der Waals surface area (Å²) < 4.78 is 5.14. The van der Waals surface area contributed by atoms with Gasteiger partial charge < -0.3 is 24.0 Å². The van der Waals surface area contributed by atoms with Crippen molar-refractivity contribution in [3.63, 3.8) is 0 Å². The summed E-state index contributed by atoms with van der Waals surface area (Å²) in [6.07, 6.45) is 1.46. The Morgan fingerprint density at radius 2 is 1.37 bits per heavy atom. The Balaban J connectivity index is 1.27. The van der Waals surface area contributed by atoms with Crippen LogP contribution in [0, 0.1) is 0 Å². The Labute approximate surface area is 179 Å². The predicted octanol–water partition coefficient (Wildman–Crippen LogP) is 1.57. The number of amides is 3. The minimum absolute atomic E-state index is 0.199. The van der Waals surface area contributed by atoms with Crippen molar-refractivity contribution in [1.82, 2.24) is 14.7 Å². The molecule has 3 heterocycles. The summed E-state index contributed by atoms with van der Waals surface area (Å²) in [5.41, 5.74) is 1.01. The summed E-state index contributed by atoms with van der Waals surface area (Å²) >= 11 is 6.06. The van der Waals surface area contributed by atoms with Crippen LogP contribution in [-0.2, 0) is 9.59 Å². The Morgan fingerprint density at radius 1 is 0.767 bits per heavy atom. The topological polar surface area (TPSA) is 77.3 Å². The van der Waals surface area contributed by atoms with Crippen LogP contribution in [0.1, 0.15) is 10.6 Å². The van der Waals surface area contributed by atoms with Crippen molar-refractivity contribution < 1.29 is 18.8 Å². The first-order valence-electron chi connectivity index (χ1n) is 9.94. The molecule has 8 nitrogen and oxygen atoms in total. The van der Waals surface area contributed by atoms with Crippen LogP contribution in [0.2, 0.25) is 5.02 Å². The van der Waals surface area contributed by atoms with Crippen LogP contribution in [0.25, 0.3) is 0 Å². The zero-order valence-electron chi connectivity index (χ0n) is 16.5. The third-order valence-electron chi connectivity index (χ3n) is 5.51. The van der Waals surface area contributed by atoms with E-state index in [0.29, 0.717) is 57.4 Å². The number of anilines is 1. The van der Waals surface area contributed by atoms with Crippen LogP contribution in [0.15, 0.2) is 47.1 Å². The monoisotopic (exact) mass is 430 g/mol. The molecule has 3 amide bonds. The number of rotatable bonds is 2. The van der Waals surface area contributed by atoms with Gasteiger partial charge in [0.25, 0.3) is 5.91 Å². The van der Waals surface area contributed by atoms with Gasteiger partial charge in [0.1, 0.15) is 0 Å². The fraction of sp³-hybridized carbons (Fsp3) is 0.381. The standard InChI is InChI=1S/C21H23ClN4O4/c22-16-3-1-4-17(15-16)23-6-8-25(9-7-23)20(28)21(29)26-12-10-24(11-13-26)19(27)18-5-2-14-30-18/h1-5,14-15H,6-13H2. The second kappa shape index (κ2) is 8.79. The Morgan fingerprint density at radius 3 is 1.93 bits per heavy atom. The maximum absolute atomic E-state index is 12.7. The zero-order valence-corrected chi connectivity index (χ0v) is 17.3. The molecule has 2 aliphatic heterocycles. The summed E-state index contributed by atoms with van der Waals surface area (Å²) in [6, 6.07) is 10.9. The first kappa shape index (κ1) is 20.3. The van der Waals surface area contributed by atoms with Crippen molar-refractivity contribution >= 4 is 35.0 Å². The number of carbonyl (C=O) groups is 3. The van der Waals surface area contributed by atoms with E-state index in [2.05, 4.69) is 4.90 Å². The van der Waals surface area contributed by atoms with Crippen LogP contribution in [0.3, 0.4) is 0 Å². The second-order valence-corrected chi connectivity index (χ2v) is 7.76. The van der Waals surface area contributed by atoms with E-state index in [1.54, 1.807) is 21.9 Å². The van der Waals surface area contributed by atoms with Gasteiger partial charge in [0.15, 0.2) is 5.76 Å². The van der Waals surface area contributed by atoms with Gasteiger partial charge >= 0.3 is 11.8 Å². The molecule has 1 aromatic carbocycles. The smallest absolute Gasteiger partial charge is 0.312 e. The quantitative estimate of drug-likeness (QED) is 0.676. The van der Waals surface area contributed by atoms with Gasteiger partial charge in [-0.3, -0.25) is 14.4 Å². The summed E-state index contributed by atoms with van der Waals surface area (Å²) in [4.78, 5) is 44.6. The average Bonchev–Trinajstić information content (AvgIpc) is 3.33. The predicted molar refractivity (Wildman–Crippen MR) is 111 cm³/mol. The number of piperazine rings is 2. The molecule has 0 aliphatic carbocycles. The molecule has 2 fully saturated rings. The highest BCUT2D eigenvalue weighted by molar-refractivity contribution is 6.35. The molecular weight excluding hydrogens is 408 g/mol. The molecule has 0 atom stereocenters. The molecule has 4 rings (SSSR count). The molecule has 0 radical (unpaired) electrons. The van der Waals surface area contributed by atoms with Gasteiger partial charge in [-0.25, -0.2) is 0 Å². The second-order valence-electron chi connectivity index (χ2n) is 7.32. The summed E-state index contributed by atoms with van der Waals surface area (Å²) in [5, 5.41) is 0.672. The highest BCUT2D eigenvalue weighted by Crippen LogP contribution is 2.21. The zero-order chi connectivity index (χ0) is 21.1. The summed E-state index contributed by atoms with van der Waals surface area (Å²) in [6.45, 7) is 3.67. The van der Waals surface area contributed by atoms with E-state index < -0.39 is 11.8 Å². The van der Waals surface area contributed by atoms with Crippen molar-refractivity contribution in [3.8, 4) is 0 Å². The van der Waals surface area contributed by atoms with Gasteiger partial charge in [0, 0.05) is 63.1 Å².